The number of aliphatic carboxylic acids is 1. The summed E-state index contributed by atoms with van der Waals surface area (Å²) < 4.78 is 7.72. The summed E-state index contributed by atoms with van der Waals surface area (Å²) in [5, 5.41) is 19.0. The molecule has 2 N–H and O–H groups in total. The topological polar surface area (TPSA) is 71.7 Å². The van der Waals surface area contributed by atoms with Crippen molar-refractivity contribution in [3.05, 3.63) is 71.9 Å². The molecule has 0 unspecified atom stereocenters. The SMILES string of the molecule is O=C(O)C=Cc1cc2cc(OCc3ccccc3)ccc2n1CCO. The predicted octanol–water partition coefficient (Wildman–Crippen LogP) is 3.31. The number of benzene rings is 2. The standard InChI is InChI=1S/C20H19NO4/c22-11-10-21-17(6-9-20(23)24)12-16-13-18(7-8-19(16)21)25-14-15-4-2-1-3-5-15/h1-9,12-13,22H,10-11,14H2,(H,23,24). The van der Waals surface area contributed by atoms with Gasteiger partial charge >= 0.3 is 5.97 Å². The fraction of sp³-hybridized carbons (Fsp3) is 0.150. The molecule has 0 aliphatic carbocycles. The lowest BCUT2D eigenvalue weighted by atomic mass is 10.2. The van der Waals surface area contributed by atoms with E-state index in [1.807, 2.05) is 59.2 Å². The van der Waals surface area contributed by atoms with Gasteiger partial charge in [-0.3, -0.25) is 0 Å². The second-order valence-electron chi connectivity index (χ2n) is 5.61. The molecule has 1 heterocycles. The van der Waals surface area contributed by atoms with Gasteiger partial charge in [0, 0.05) is 29.2 Å². The van der Waals surface area contributed by atoms with E-state index in [9.17, 15) is 9.90 Å². The lowest BCUT2D eigenvalue weighted by Crippen LogP contribution is -2.03. The van der Waals surface area contributed by atoms with Crippen LogP contribution in [0.15, 0.2) is 60.7 Å². The Morgan fingerprint density at radius 1 is 1.12 bits per heavy atom. The van der Waals surface area contributed by atoms with Crippen LogP contribution in [0, 0.1) is 0 Å². The Kier molecular flexibility index (Phi) is 5.16. The van der Waals surface area contributed by atoms with Gasteiger partial charge in [-0.2, -0.15) is 0 Å². The molecule has 0 aliphatic heterocycles. The van der Waals surface area contributed by atoms with Gasteiger partial charge in [0.15, 0.2) is 0 Å². The lowest BCUT2D eigenvalue weighted by Gasteiger charge is -2.08. The summed E-state index contributed by atoms with van der Waals surface area (Å²) in [5.41, 5.74) is 2.74. The van der Waals surface area contributed by atoms with Crippen molar-refractivity contribution in [2.75, 3.05) is 6.61 Å². The van der Waals surface area contributed by atoms with Gasteiger partial charge < -0.3 is 19.5 Å². The molecule has 0 spiro atoms. The normalized spacial score (nSPS) is 11.2. The monoisotopic (exact) mass is 337 g/mol. The molecule has 1 aromatic heterocycles. The Labute approximate surface area is 145 Å². The fourth-order valence-electron chi connectivity index (χ4n) is 2.75. The minimum atomic E-state index is -1.01. The average Bonchev–Trinajstić information content (AvgIpc) is 2.96. The van der Waals surface area contributed by atoms with Crippen LogP contribution < -0.4 is 4.74 Å². The molecule has 0 aliphatic rings. The van der Waals surface area contributed by atoms with Crippen LogP contribution in [0.4, 0.5) is 0 Å². The Hall–Kier alpha value is -3.05. The zero-order valence-electron chi connectivity index (χ0n) is 13.6. The molecule has 0 radical (unpaired) electrons. The maximum atomic E-state index is 10.8. The van der Waals surface area contributed by atoms with Crippen LogP contribution in [0.1, 0.15) is 11.3 Å². The highest BCUT2D eigenvalue weighted by atomic mass is 16.5. The first-order valence-corrected chi connectivity index (χ1v) is 7.99. The van der Waals surface area contributed by atoms with Crippen molar-refractivity contribution < 1.29 is 19.7 Å². The number of ether oxygens (including phenoxy) is 1. The van der Waals surface area contributed by atoms with Crippen molar-refractivity contribution in [2.24, 2.45) is 0 Å². The molecule has 0 saturated heterocycles. The maximum Gasteiger partial charge on any atom is 0.328 e. The first-order valence-electron chi connectivity index (χ1n) is 7.99. The molecule has 5 heteroatoms. The summed E-state index contributed by atoms with van der Waals surface area (Å²) in [5.74, 6) is -0.265. The number of aromatic nitrogens is 1. The molecule has 0 amide bonds. The minimum Gasteiger partial charge on any atom is -0.489 e. The largest absolute Gasteiger partial charge is 0.489 e. The zero-order valence-corrected chi connectivity index (χ0v) is 13.6. The molecule has 5 nitrogen and oxygen atoms in total. The van der Waals surface area contributed by atoms with Crippen molar-refractivity contribution >= 4 is 22.9 Å². The molecular formula is C20H19NO4. The van der Waals surface area contributed by atoms with Gasteiger partial charge in [-0.15, -0.1) is 0 Å². The molecule has 0 fully saturated rings. The molecule has 3 aromatic rings. The smallest absolute Gasteiger partial charge is 0.328 e. The molecule has 128 valence electrons. The molecule has 0 bridgehead atoms. The summed E-state index contributed by atoms with van der Waals surface area (Å²) in [6, 6.07) is 17.5. The van der Waals surface area contributed by atoms with E-state index in [2.05, 4.69) is 0 Å². The number of aliphatic hydroxyl groups excluding tert-OH is 1. The van der Waals surface area contributed by atoms with Crippen molar-refractivity contribution in [3.8, 4) is 5.75 Å². The van der Waals surface area contributed by atoms with E-state index in [4.69, 9.17) is 9.84 Å². The van der Waals surface area contributed by atoms with E-state index >= 15 is 0 Å². The minimum absolute atomic E-state index is 0.0239. The van der Waals surface area contributed by atoms with Crippen molar-refractivity contribution in [2.45, 2.75) is 13.2 Å². The average molecular weight is 337 g/mol. The summed E-state index contributed by atoms with van der Waals surface area (Å²) in [6.07, 6.45) is 2.62. The molecule has 25 heavy (non-hydrogen) atoms. The van der Waals surface area contributed by atoms with Crippen LogP contribution in [0.5, 0.6) is 5.75 Å². The summed E-state index contributed by atoms with van der Waals surface area (Å²) >= 11 is 0. The number of carboxylic acids is 1. The van der Waals surface area contributed by atoms with Gasteiger partial charge in [-0.25, -0.2) is 4.79 Å². The number of carbonyl (C=O) groups is 1. The molecule has 3 rings (SSSR count). The van der Waals surface area contributed by atoms with E-state index in [-0.39, 0.29) is 6.61 Å². The van der Waals surface area contributed by atoms with Gasteiger partial charge in [0.05, 0.1) is 6.61 Å². The highest BCUT2D eigenvalue weighted by Gasteiger charge is 2.08. The van der Waals surface area contributed by atoms with Gasteiger partial charge in [0.2, 0.25) is 0 Å². The number of fused-ring (bicyclic) bond motifs is 1. The fourth-order valence-corrected chi connectivity index (χ4v) is 2.75. The second-order valence-corrected chi connectivity index (χ2v) is 5.61. The third kappa shape index (κ3) is 4.08. The van der Waals surface area contributed by atoms with Gasteiger partial charge in [0.1, 0.15) is 12.4 Å². The Morgan fingerprint density at radius 2 is 1.92 bits per heavy atom. The zero-order chi connectivity index (χ0) is 17.6. The van der Waals surface area contributed by atoms with E-state index in [0.717, 1.165) is 34.0 Å². The van der Waals surface area contributed by atoms with Crippen molar-refractivity contribution in [1.82, 2.24) is 4.57 Å². The number of aliphatic hydroxyl groups is 1. The number of hydrogen-bond donors (Lipinski definition) is 2. The highest BCUT2D eigenvalue weighted by molar-refractivity contribution is 5.89. The van der Waals surface area contributed by atoms with Crippen LogP contribution in [0.3, 0.4) is 0 Å². The molecular weight excluding hydrogens is 318 g/mol. The van der Waals surface area contributed by atoms with Crippen LogP contribution in [0.2, 0.25) is 0 Å². The highest BCUT2D eigenvalue weighted by Crippen LogP contribution is 2.26. The van der Waals surface area contributed by atoms with Gasteiger partial charge in [-0.05, 0) is 35.9 Å². The van der Waals surface area contributed by atoms with Crippen LogP contribution in [-0.4, -0.2) is 27.4 Å². The Morgan fingerprint density at radius 3 is 2.64 bits per heavy atom. The first kappa shape index (κ1) is 16.8. The van der Waals surface area contributed by atoms with Crippen LogP contribution in [-0.2, 0) is 17.9 Å². The molecule has 0 atom stereocenters. The van der Waals surface area contributed by atoms with Crippen LogP contribution >= 0.6 is 0 Å². The lowest BCUT2D eigenvalue weighted by molar-refractivity contribution is -0.131. The number of carboxylic acid groups (broad SMARTS) is 1. The summed E-state index contributed by atoms with van der Waals surface area (Å²) in [6.45, 7) is 0.854. The summed E-state index contributed by atoms with van der Waals surface area (Å²) in [7, 11) is 0. The first-order chi connectivity index (χ1) is 12.2. The van der Waals surface area contributed by atoms with E-state index in [1.165, 1.54) is 6.08 Å². The second kappa shape index (κ2) is 7.68. The van der Waals surface area contributed by atoms with Crippen LogP contribution in [0.25, 0.3) is 17.0 Å². The predicted molar refractivity (Wildman–Crippen MR) is 96.5 cm³/mol. The number of hydrogen-bond acceptors (Lipinski definition) is 3. The third-order valence-corrected chi connectivity index (χ3v) is 3.87. The maximum absolute atomic E-state index is 10.8. The van der Waals surface area contributed by atoms with E-state index in [1.54, 1.807) is 0 Å². The molecule has 0 saturated carbocycles. The van der Waals surface area contributed by atoms with E-state index < -0.39 is 5.97 Å². The van der Waals surface area contributed by atoms with Crippen molar-refractivity contribution in [1.29, 1.82) is 0 Å². The van der Waals surface area contributed by atoms with Crippen molar-refractivity contribution in [3.63, 3.8) is 0 Å². The molecule has 2 aromatic carbocycles. The summed E-state index contributed by atoms with van der Waals surface area (Å²) in [4.78, 5) is 10.8. The van der Waals surface area contributed by atoms with E-state index in [0.29, 0.717) is 13.2 Å². The Bertz CT molecular complexity index is 897. The van der Waals surface area contributed by atoms with Gasteiger partial charge in [0.25, 0.3) is 0 Å². The quantitative estimate of drug-likeness (QED) is 0.649. The van der Waals surface area contributed by atoms with Gasteiger partial charge in [-0.1, -0.05) is 30.3 Å². The number of nitrogens with zero attached hydrogens (tertiary/aromatic N) is 1. The third-order valence-electron chi connectivity index (χ3n) is 3.87. The number of rotatable bonds is 7. The Balaban J connectivity index is 1.87.